The number of carbonyl (C=O) groups is 1. The molecular formula is C10H20O2. The second-order valence-corrected chi connectivity index (χ2v) is 3.17. The summed E-state index contributed by atoms with van der Waals surface area (Å²) in [6, 6.07) is 0. The van der Waals surface area contributed by atoms with Crippen LogP contribution in [0, 0.1) is 5.92 Å². The largest absolute Gasteiger partial charge is 0.377 e. The van der Waals surface area contributed by atoms with Gasteiger partial charge in [0.15, 0.2) is 5.78 Å². The molecule has 0 amide bonds. The van der Waals surface area contributed by atoms with Crippen LogP contribution >= 0.6 is 0 Å². The second kappa shape index (κ2) is 7.29. The van der Waals surface area contributed by atoms with Gasteiger partial charge in [-0.3, -0.25) is 4.79 Å². The van der Waals surface area contributed by atoms with E-state index in [9.17, 15) is 4.79 Å². The van der Waals surface area contributed by atoms with Crippen molar-refractivity contribution in [2.45, 2.75) is 39.5 Å². The first-order valence-corrected chi connectivity index (χ1v) is 4.77. The zero-order chi connectivity index (χ0) is 9.40. The smallest absolute Gasteiger partial charge is 0.161 e. The molecule has 0 aliphatic heterocycles. The van der Waals surface area contributed by atoms with Gasteiger partial charge in [-0.15, -0.1) is 0 Å². The molecule has 0 rings (SSSR count). The van der Waals surface area contributed by atoms with E-state index in [2.05, 4.69) is 13.8 Å². The van der Waals surface area contributed by atoms with Crippen LogP contribution in [0.3, 0.4) is 0 Å². The number of ether oxygens (including phenoxy) is 1. The zero-order valence-corrected chi connectivity index (χ0v) is 8.43. The van der Waals surface area contributed by atoms with E-state index in [1.807, 2.05) is 0 Å². The molecule has 0 aromatic heterocycles. The molecule has 0 fully saturated rings. The van der Waals surface area contributed by atoms with Crippen LogP contribution in [0.1, 0.15) is 39.5 Å². The Hall–Kier alpha value is -0.370. The van der Waals surface area contributed by atoms with E-state index < -0.39 is 0 Å². The zero-order valence-electron chi connectivity index (χ0n) is 8.43. The van der Waals surface area contributed by atoms with Crippen molar-refractivity contribution in [1.82, 2.24) is 0 Å². The molecule has 12 heavy (non-hydrogen) atoms. The van der Waals surface area contributed by atoms with Crippen LogP contribution in [0.15, 0.2) is 0 Å². The summed E-state index contributed by atoms with van der Waals surface area (Å²) in [6.07, 6.45) is 4.19. The van der Waals surface area contributed by atoms with Crippen molar-refractivity contribution in [3.8, 4) is 0 Å². The molecule has 0 saturated carbocycles. The third-order valence-corrected chi connectivity index (χ3v) is 2.02. The van der Waals surface area contributed by atoms with E-state index >= 15 is 0 Å². The van der Waals surface area contributed by atoms with Crippen molar-refractivity contribution in [3.63, 3.8) is 0 Å². The van der Waals surface area contributed by atoms with E-state index in [1.165, 1.54) is 0 Å². The maximum atomic E-state index is 11.4. The quantitative estimate of drug-likeness (QED) is 0.589. The van der Waals surface area contributed by atoms with Crippen molar-refractivity contribution in [1.29, 1.82) is 0 Å². The lowest BCUT2D eigenvalue weighted by atomic mass is 9.94. The Labute approximate surface area is 75.3 Å². The van der Waals surface area contributed by atoms with E-state index in [-0.39, 0.29) is 18.3 Å². The molecule has 0 saturated heterocycles. The first-order valence-electron chi connectivity index (χ1n) is 4.77. The van der Waals surface area contributed by atoms with Crippen LogP contribution in [0.25, 0.3) is 0 Å². The van der Waals surface area contributed by atoms with Gasteiger partial charge < -0.3 is 4.74 Å². The highest BCUT2D eigenvalue weighted by atomic mass is 16.5. The predicted molar refractivity (Wildman–Crippen MR) is 50.2 cm³/mol. The average Bonchev–Trinajstić information content (AvgIpc) is 2.04. The van der Waals surface area contributed by atoms with Crippen LogP contribution in [-0.4, -0.2) is 19.5 Å². The molecule has 0 unspecified atom stereocenters. The molecule has 0 aromatic carbocycles. The first kappa shape index (κ1) is 11.6. The van der Waals surface area contributed by atoms with Crippen molar-refractivity contribution >= 4 is 5.78 Å². The third-order valence-electron chi connectivity index (χ3n) is 2.02. The standard InChI is InChI=1S/C10H20O2/c1-4-6-9(7-5-2)10(11)8-12-3/h9H,4-8H2,1-3H3. The molecule has 72 valence electrons. The van der Waals surface area contributed by atoms with Crippen molar-refractivity contribution in [3.05, 3.63) is 0 Å². The fourth-order valence-electron chi connectivity index (χ4n) is 1.42. The number of carbonyl (C=O) groups excluding carboxylic acids is 1. The van der Waals surface area contributed by atoms with Crippen molar-refractivity contribution < 1.29 is 9.53 Å². The van der Waals surface area contributed by atoms with Gasteiger partial charge in [-0.1, -0.05) is 26.7 Å². The van der Waals surface area contributed by atoms with Gasteiger partial charge in [0.1, 0.15) is 6.61 Å². The summed E-state index contributed by atoms with van der Waals surface area (Å²) < 4.78 is 4.83. The van der Waals surface area contributed by atoms with Gasteiger partial charge in [0.25, 0.3) is 0 Å². The van der Waals surface area contributed by atoms with Crippen LogP contribution in [0.4, 0.5) is 0 Å². The summed E-state index contributed by atoms with van der Waals surface area (Å²) in [7, 11) is 1.58. The fourth-order valence-corrected chi connectivity index (χ4v) is 1.42. The number of ketones is 1. The Bertz CT molecular complexity index is 115. The highest BCUT2D eigenvalue weighted by Crippen LogP contribution is 2.14. The minimum absolute atomic E-state index is 0.236. The molecule has 0 aliphatic carbocycles. The van der Waals surface area contributed by atoms with E-state index in [1.54, 1.807) is 7.11 Å². The molecule has 0 bridgehead atoms. The molecule has 0 heterocycles. The summed E-state index contributed by atoms with van der Waals surface area (Å²) in [5.74, 6) is 0.501. The van der Waals surface area contributed by atoms with Crippen LogP contribution in [-0.2, 0) is 9.53 Å². The highest BCUT2D eigenvalue weighted by molar-refractivity contribution is 5.82. The number of rotatable bonds is 7. The molecule has 0 aliphatic rings. The van der Waals surface area contributed by atoms with Gasteiger partial charge in [0.2, 0.25) is 0 Å². The number of methoxy groups -OCH3 is 1. The monoisotopic (exact) mass is 172 g/mol. The van der Waals surface area contributed by atoms with Crippen LogP contribution in [0.5, 0.6) is 0 Å². The first-order chi connectivity index (χ1) is 5.76. The van der Waals surface area contributed by atoms with E-state index in [0.29, 0.717) is 0 Å². The van der Waals surface area contributed by atoms with Gasteiger partial charge in [-0.05, 0) is 12.8 Å². The highest BCUT2D eigenvalue weighted by Gasteiger charge is 2.15. The van der Waals surface area contributed by atoms with E-state index in [0.717, 1.165) is 25.7 Å². The van der Waals surface area contributed by atoms with E-state index in [4.69, 9.17) is 4.74 Å². The SMILES string of the molecule is CCCC(CCC)C(=O)COC. The molecular weight excluding hydrogens is 152 g/mol. The summed E-state index contributed by atoms with van der Waals surface area (Å²) in [5.41, 5.74) is 0. The Kier molecular flexibility index (Phi) is 7.06. The number of hydrogen-bond acceptors (Lipinski definition) is 2. The second-order valence-electron chi connectivity index (χ2n) is 3.17. The molecule has 0 atom stereocenters. The average molecular weight is 172 g/mol. The Balaban J connectivity index is 3.81. The van der Waals surface area contributed by atoms with Gasteiger partial charge >= 0.3 is 0 Å². The maximum Gasteiger partial charge on any atom is 0.161 e. The Morgan fingerprint density at radius 2 is 1.75 bits per heavy atom. The number of Topliss-reactive ketones (excluding diaryl/α,β-unsaturated/α-hetero) is 1. The third kappa shape index (κ3) is 4.50. The molecule has 0 spiro atoms. The summed E-state index contributed by atoms with van der Waals surface area (Å²) >= 11 is 0. The maximum absolute atomic E-state index is 11.4. The molecule has 2 heteroatoms. The summed E-state index contributed by atoms with van der Waals surface area (Å²) in [6.45, 7) is 4.51. The lowest BCUT2D eigenvalue weighted by Gasteiger charge is -2.12. The number of hydrogen-bond donors (Lipinski definition) is 0. The van der Waals surface area contributed by atoms with Crippen LogP contribution in [0.2, 0.25) is 0 Å². The normalized spacial score (nSPS) is 10.7. The van der Waals surface area contributed by atoms with Crippen molar-refractivity contribution in [2.24, 2.45) is 5.92 Å². The molecule has 0 N–H and O–H groups in total. The van der Waals surface area contributed by atoms with Crippen molar-refractivity contribution in [2.75, 3.05) is 13.7 Å². The lowest BCUT2D eigenvalue weighted by Crippen LogP contribution is -2.18. The molecule has 0 radical (unpaired) electrons. The van der Waals surface area contributed by atoms with Gasteiger partial charge in [-0.25, -0.2) is 0 Å². The summed E-state index contributed by atoms with van der Waals surface area (Å²) in [5, 5.41) is 0. The van der Waals surface area contributed by atoms with Crippen LogP contribution < -0.4 is 0 Å². The summed E-state index contributed by atoms with van der Waals surface area (Å²) in [4.78, 5) is 11.4. The van der Waals surface area contributed by atoms with Gasteiger partial charge in [-0.2, -0.15) is 0 Å². The lowest BCUT2D eigenvalue weighted by molar-refractivity contribution is -0.127. The Morgan fingerprint density at radius 1 is 1.25 bits per heavy atom. The predicted octanol–water partition coefficient (Wildman–Crippen LogP) is 2.42. The minimum atomic E-state index is 0.236. The molecule has 0 aromatic rings. The minimum Gasteiger partial charge on any atom is -0.377 e. The molecule has 2 nitrogen and oxygen atoms in total. The topological polar surface area (TPSA) is 26.3 Å². The fraction of sp³-hybridized carbons (Fsp3) is 0.900. The van der Waals surface area contributed by atoms with Gasteiger partial charge in [0.05, 0.1) is 0 Å². The Morgan fingerprint density at radius 3 is 2.08 bits per heavy atom. The van der Waals surface area contributed by atoms with Gasteiger partial charge in [0, 0.05) is 13.0 Å².